The fourth-order valence-corrected chi connectivity index (χ4v) is 3.47. The molecular formula is C16H17N5O3S. The minimum absolute atomic E-state index is 0.172. The molecule has 2 aromatic heterocycles. The van der Waals surface area contributed by atoms with Crippen LogP contribution in [0.3, 0.4) is 0 Å². The SMILES string of the molecule is CC(=O)Nc1ccccc1Sc1nc2c(c(=O)n(C)c(=O)n2C)n1C. The van der Waals surface area contributed by atoms with E-state index in [1.165, 1.54) is 30.3 Å². The number of fused-ring (bicyclic) bond motifs is 1. The zero-order chi connectivity index (χ0) is 18.3. The molecule has 3 aromatic rings. The summed E-state index contributed by atoms with van der Waals surface area (Å²) in [6, 6.07) is 7.32. The summed E-state index contributed by atoms with van der Waals surface area (Å²) in [4.78, 5) is 41.1. The van der Waals surface area contributed by atoms with E-state index in [2.05, 4.69) is 10.3 Å². The molecule has 8 nitrogen and oxygen atoms in total. The van der Waals surface area contributed by atoms with Gasteiger partial charge in [0.2, 0.25) is 5.91 Å². The van der Waals surface area contributed by atoms with Gasteiger partial charge in [-0.25, -0.2) is 9.78 Å². The van der Waals surface area contributed by atoms with Gasteiger partial charge in [0.05, 0.1) is 5.69 Å². The summed E-state index contributed by atoms with van der Waals surface area (Å²) >= 11 is 1.31. The quantitative estimate of drug-likeness (QED) is 0.756. The molecule has 130 valence electrons. The van der Waals surface area contributed by atoms with Crippen molar-refractivity contribution < 1.29 is 4.79 Å². The average molecular weight is 359 g/mol. The van der Waals surface area contributed by atoms with Gasteiger partial charge in [-0.2, -0.15) is 0 Å². The number of benzene rings is 1. The molecule has 0 aliphatic rings. The first-order chi connectivity index (χ1) is 11.8. The molecule has 1 aromatic carbocycles. The number of carbonyl (C=O) groups excluding carboxylic acids is 1. The zero-order valence-corrected chi connectivity index (χ0v) is 15.0. The predicted octanol–water partition coefficient (Wildman–Crippen LogP) is 1.08. The molecule has 0 spiro atoms. The van der Waals surface area contributed by atoms with Crippen molar-refractivity contribution in [1.29, 1.82) is 0 Å². The maximum absolute atomic E-state index is 12.4. The van der Waals surface area contributed by atoms with E-state index in [-0.39, 0.29) is 5.91 Å². The maximum atomic E-state index is 12.4. The Balaban J connectivity index is 2.16. The van der Waals surface area contributed by atoms with Crippen LogP contribution in [0.4, 0.5) is 5.69 Å². The fraction of sp³-hybridized carbons (Fsp3) is 0.250. The topological polar surface area (TPSA) is 90.9 Å². The van der Waals surface area contributed by atoms with E-state index >= 15 is 0 Å². The predicted molar refractivity (Wildman–Crippen MR) is 96.1 cm³/mol. The van der Waals surface area contributed by atoms with Crippen LogP contribution in [0.15, 0.2) is 43.9 Å². The van der Waals surface area contributed by atoms with Crippen LogP contribution in [0.2, 0.25) is 0 Å². The van der Waals surface area contributed by atoms with Crippen molar-refractivity contribution in [2.75, 3.05) is 5.32 Å². The van der Waals surface area contributed by atoms with Gasteiger partial charge in [0.15, 0.2) is 16.3 Å². The summed E-state index contributed by atoms with van der Waals surface area (Å²) in [6.45, 7) is 1.44. The van der Waals surface area contributed by atoms with Crippen LogP contribution in [0.25, 0.3) is 11.2 Å². The fourth-order valence-electron chi connectivity index (χ4n) is 2.54. The third kappa shape index (κ3) is 2.86. The Morgan fingerprint density at radius 1 is 1.08 bits per heavy atom. The van der Waals surface area contributed by atoms with Gasteiger partial charge in [0.25, 0.3) is 5.56 Å². The minimum Gasteiger partial charge on any atom is -0.325 e. The molecule has 0 bridgehead atoms. The molecule has 0 atom stereocenters. The summed E-state index contributed by atoms with van der Waals surface area (Å²) in [5, 5.41) is 3.32. The number of aromatic nitrogens is 4. The van der Waals surface area contributed by atoms with Crippen LogP contribution in [0, 0.1) is 0 Å². The van der Waals surface area contributed by atoms with Crippen molar-refractivity contribution >= 4 is 34.5 Å². The summed E-state index contributed by atoms with van der Waals surface area (Å²) in [7, 11) is 4.75. The molecule has 2 heterocycles. The molecule has 0 radical (unpaired) electrons. The van der Waals surface area contributed by atoms with Gasteiger partial charge in [-0.05, 0) is 23.9 Å². The number of nitrogens with one attached hydrogen (secondary N) is 1. The lowest BCUT2D eigenvalue weighted by Gasteiger charge is -2.08. The molecule has 1 N–H and O–H groups in total. The molecule has 9 heteroatoms. The zero-order valence-electron chi connectivity index (χ0n) is 14.2. The lowest BCUT2D eigenvalue weighted by atomic mass is 10.3. The van der Waals surface area contributed by atoms with Crippen molar-refractivity contribution in [3.05, 3.63) is 45.1 Å². The monoisotopic (exact) mass is 359 g/mol. The highest BCUT2D eigenvalue weighted by molar-refractivity contribution is 7.99. The Morgan fingerprint density at radius 3 is 2.44 bits per heavy atom. The van der Waals surface area contributed by atoms with Crippen molar-refractivity contribution in [2.45, 2.75) is 17.0 Å². The third-order valence-electron chi connectivity index (χ3n) is 3.83. The van der Waals surface area contributed by atoms with E-state index in [9.17, 15) is 14.4 Å². The van der Waals surface area contributed by atoms with E-state index in [0.29, 0.717) is 22.0 Å². The Kier molecular flexibility index (Phi) is 4.25. The molecule has 0 aliphatic heterocycles. The van der Waals surface area contributed by atoms with Crippen LogP contribution >= 0.6 is 11.8 Å². The second kappa shape index (κ2) is 6.25. The molecular weight excluding hydrogens is 342 g/mol. The smallest absolute Gasteiger partial charge is 0.325 e. The Morgan fingerprint density at radius 2 is 1.76 bits per heavy atom. The number of hydrogen-bond acceptors (Lipinski definition) is 5. The number of amides is 1. The van der Waals surface area contributed by atoms with Crippen LogP contribution < -0.4 is 16.6 Å². The van der Waals surface area contributed by atoms with E-state index in [4.69, 9.17) is 0 Å². The van der Waals surface area contributed by atoms with Crippen molar-refractivity contribution in [3.63, 3.8) is 0 Å². The summed E-state index contributed by atoms with van der Waals surface area (Å²) in [5.74, 6) is -0.172. The Hall–Kier alpha value is -2.81. The van der Waals surface area contributed by atoms with Crippen molar-refractivity contribution in [1.82, 2.24) is 18.7 Å². The second-order valence-electron chi connectivity index (χ2n) is 5.61. The summed E-state index contributed by atoms with van der Waals surface area (Å²) < 4.78 is 4.07. The van der Waals surface area contributed by atoms with Crippen LogP contribution in [-0.2, 0) is 25.9 Å². The number of carbonyl (C=O) groups is 1. The number of nitrogens with zero attached hydrogens (tertiary/aromatic N) is 4. The van der Waals surface area contributed by atoms with Gasteiger partial charge in [0.1, 0.15) is 0 Å². The molecule has 1 amide bonds. The van der Waals surface area contributed by atoms with Gasteiger partial charge in [0, 0.05) is 33.0 Å². The Bertz CT molecular complexity index is 1110. The van der Waals surface area contributed by atoms with Crippen molar-refractivity contribution in [2.24, 2.45) is 21.1 Å². The average Bonchev–Trinajstić information content (AvgIpc) is 2.89. The number of imidazole rings is 1. The minimum atomic E-state index is -0.425. The number of rotatable bonds is 3. The van der Waals surface area contributed by atoms with E-state index in [1.54, 1.807) is 24.7 Å². The second-order valence-corrected chi connectivity index (χ2v) is 6.62. The van der Waals surface area contributed by atoms with E-state index in [1.807, 2.05) is 18.2 Å². The van der Waals surface area contributed by atoms with Gasteiger partial charge in [-0.3, -0.25) is 18.7 Å². The molecule has 0 saturated heterocycles. The molecule has 25 heavy (non-hydrogen) atoms. The van der Waals surface area contributed by atoms with Crippen LogP contribution in [0.5, 0.6) is 0 Å². The molecule has 0 unspecified atom stereocenters. The summed E-state index contributed by atoms with van der Waals surface area (Å²) in [5.41, 5.74) is 0.522. The molecule has 0 fully saturated rings. The first-order valence-corrected chi connectivity index (χ1v) is 8.29. The van der Waals surface area contributed by atoms with Gasteiger partial charge in [-0.1, -0.05) is 12.1 Å². The van der Waals surface area contributed by atoms with E-state index < -0.39 is 11.2 Å². The highest BCUT2D eigenvalue weighted by atomic mass is 32.2. The Labute approximate surface area is 147 Å². The van der Waals surface area contributed by atoms with Crippen molar-refractivity contribution in [3.8, 4) is 0 Å². The number of aryl methyl sites for hydroxylation is 2. The highest BCUT2D eigenvalue weighted by Gasteiger charge is 2.18. The molecule has 3 rings (SSSR count). The largest absolute Gasteiger partial charge is 0.332 e. The highest BCUT2D eigenvalue weighted by Crippen LogP contribution is 2.33. The lowest BCUT2D eigenvalue weighted by molar-refractivity contribution is -0.114. The third-order valence-corrected chi connectivity index (χ3v) is 4.96. The van der Waals surface area contributed by atoms with Crippen LogP contribution in [-0.4, -0.2) is 24.6 Å². The van der Waals surface area contributed by atoms with E-state index in [0.717, 1.165) is 9.46 Å². The molecule has 0 aliphatic carbocycles. The number of anilines is 1. The van der Waals surface area contributed by atoms with Gasteiger partial charge < -0.3 is 9.88 Å². The summed E-state index contributed by atoms with van der Waals surface area (Å²) in [6.07, 6.45) is 0. The maximum Gasteiger partial charge on any atom is 0.332 e. The first kappa shape index (κ1) is 17.0. The molecule has 0 saturated carbocycles. The number of para-hydroxylation sites is 1. The van der Waals surface area contributed by atoms with Crippen LogP contribution in [0.1, 0.15) is 6.92 Å². The van der Waals surface area contributed by atoms with Gasteiger partial charge in [-0.15, -0.1) is 0 Å². The van der Waals surface area contributed by atoms with Gasteiger partial charge >= 0.3 is 5.69 Å². The number of hydrogen-bond donors (Lipinski definition) is 1. The first-order valence-electron chi connectivity index (χ1n) is 7.48. The normalized spacial score (nSPS) is 11.0. The lowest BCUT2D eigenvalue weighted by Crippen LogP contribution is -2.37. The standard InChI is InChI=1S/C16H17N5O3S/c1-9(22)17-10-7-5-6-8-11(10)25-15-18-13-12(19(15)2)14(23)21(4)16(24)20(13)3/h5-8H,1-4H3,(H,17,22).